The minimum Gasteiger partial charge on any atom is -0.343 e. The normalized spacial score (nSPS) is 20.5. The van der Waals surface area contributed by atoms with E-state index in [0.29, 0.717) is 0 Å². The number of carbonyl (C=O) groups excluding carboxylic acids is 1. The molecule has 102 valence electrons. The quantitative estimate of drug-likeness (QED) is 0.792. The van der Waals surface area contributed by atoms with Gasteiger partial charge in [0.15, 0.2) is 0 Å². The molecule has 5 nitrogen and oxygen atoms in total. The highest BCUT2D eigenvalue weighted by Gasteiger charge is 2.23. The van der Waals surface area contributed by atoms with Gasteiger partial charge in [0.1, 0.15) is 9.84 Å². The summed E-state index contributed by atoms with van der Waals surface area (Å²) in [4.78, 5) is 13.4. The van der Waals surface area contributed by atoms with Gasteiger partial charge in [-0.1, -0.05) is 6.42 Å². The third kappa shape index (κ3) is 6.24. The molecule has 1 rings (SSSR count). The lowest BCUT2D eigenvalue weighted by Crippen LogP contribution is -2.48. The minimum absolute atomic E-state index is 0. The molecule has 17 heavy (non-hydrogen) atoms. The van der Waals surface area contributed by atoms with E-state index in [4.69, 9.17) is 0 Å². The topological polar surface area (TPSA) is 66.5 Å². The molecule has 1 aliphatic rings. The largest absolute Gasteiger partial charge is 0.343 e. The maximum Gasteiger partial charge on any atom is 0.239 e. The molecule has 1 heterocycles. The van der Waals surface area contributed by atoms with Crippen molar-refractivity contribution in [3.63, 3.8) is 0 Å². The fourth-order valence-electron chi connectivity index (χ4n) is 1.74. The standard InChI is InChI=1S/C10H20N2O3S.ClH/c1-12(7-8-16(2,14)15)10(13)9-5-3-4-6-11-9;/h9,11H,3-8H2,1-2H3;1H. The number of nitrogens with zero attached hydrogens (tertiary/aromatic N) is 1. The Morgan fingerprint density at radius 1 is 1.41 bits per heavy atom. The van der Waals surface area contributed by atoms with Crippen LogP contribution in [0.15, 0.2) is 0 Å². The van der Waals surface area contributed by atoms with Gasteiger partial charge in [0.25, 0.3) is 0 Å². The van der Waals surface area contributed by atoms with Crippen LogP contribution in [0.25, 0.3) is 0 Å². The van der Waals surface area contributed by atoms with E-state index in [9.17, 15) is 13.2 Å². The van der Waals surface area contributed by atoms with Crippen LogP contribution in [-0.4, -0.2) is 57.4 Å². The Bertz CT molecular complexity index is 339. The average Bonchev–Trinajstić information content (AvgIpc) is 2.25. The second kappa shape index (κ2) is 7.18. The van der Waals surface area contributed by atoms with Crippen molar-refractivity contribution in [1.82, 2.24) is 10.2 Å². The summed E-state index contributed by atoms with van der Waals surface area (Å²) >= 11 is 0. The fraction of sp³-hybridized carbons (Fsp3) is 0.900. The maximum atomic E-state index is 11.9. The zero-order valence-corrected chi connectivity index (χ0v) is 11.9. The van der Waals surface area contributed by atoms with Gasteiger partial charge in [-0.25, -0.2) is 8.42 Å². The lowest BCUT2D eigenvalue weighted by atomic mass is 10.0. The first-order chi connectivity index (χ1) is 7.40. The number of sulfone groups is 1. The van der Waals surface area contributed by atoms with Gasteiger partial charge in [0, 0.05) is 19.8 Å². The van der Waals surface area contributed by atoms with Crippen molar-refractivity contribution in [2.24, 2.45) is 0 Å². The van der Waals surface area contributed by atoms with Crippen molar-refractivity contribution in [3.05, 3.63) is 0 Å². The van der Waals surface area contributed by atoms with Crippen molar-refractivity contribution in [2.45, 2.75) is 25.3 Å². The van der Waals surface area contributed by atoms with Crippen LogP contribution in [0.2, 0.25) is 0 Å². The van der Waals surface area contributed by atoms with Gasteiger partial charge in [-0.05, 0) is 19.4 Å². The Hall–Kier alpha value is -0.330. The van der Waals surface area contributed by atoms with E-state index in [1.165, 1.54) is 11.2 Å². The Labute approximate surface area is 109 Å². The van der Waals surface area contributed by atoms with Gasteiger partial charge in [0.05, 0.1) is 11.8 Å². The lowest BCUT2D eigenvalue weighted by Gasteiger charge is -2.27. The molecule has 1 amide bonds. The van der Waals surface area contributed by atoms with Gasteiger partial charge in [0.2, 0.25) is 5.91 Å². The number of halogens is 1. The van der Waals surface area contributed by atoms with Crippen molar-refractivity contribution < 1.29 is 13.2 Å². The molecule has 1 N–H and O–H groups in total. The van der Waals surface area contributed by atoms with Crippen LogP contribution in [0.3, 0.4) is 0 Å². The third-order valence-corrected chi connectivity index (χ3v) is 3.71. The van der Waals surface area contributed by atoms with Gasteiger partial charge in [-0.15, -0.1) is 12.4 Å². The number of hydrogen-bond acceptors (Lipinski definition) is 4. The number of amides is 1. The second-order valence-corrected chi connectivity index (χ2v) is 6.65. The second-order valence-electron chi connectivity index (χ2n) is 4.39. The molecule has 0 bridgehead atoms. The first-order valence-corrected chi connectivity index (χ1v) is 7.62. The van der Waals surface area contributed by atoms with E-state index in [2.05, 4.69) is 5.32 Å². The van der Waals surface area contributed by atoms with Gasteiger partial charge < -0.3 is 10.2 Å². The highest BCUT2D eigenvalue weighted by atomic mass is 35.5. The minimum atomic E-state index is -3.00. The van der Waals surface area contributed by atoms with Crippen LogP contribution in [-0.2, 0) is 14.6 Å². The lowest BCUT2D eigenvalue weighted by molar-refractivity contribution is -0.132. The summed E-state index contributed by atoms with van der Waals surface area (Å²) in [5.41, 5.74) is 0. The maximum absolute atomic E-state index is 11.9. The van der Waals surface area contributed by atoms with Crippen LogP contribution in [0.5, 0.6) is 0 Å². The highest BCUT2D eigenvalue weighted by molar-refractivity contribution is 7.90. The van der Waals surface area contributed by atoms with Crippen LogP contribution >= 0.6 is 12.4 Å². The van der Waals surface area contributed by atoms with Crippen LogP contribution in [0.1, 0.15) is 19.3 Å². The summed E-state index contributed by atoms with van der Waals surface area (Å²) in [6.07, 6.45) is 4.20. The molecule has 0 aromatic heterocycles. The summed E-state index contributed by atoms with van der Waals surface area (Å²) in [5.74, 6) is 0.0328. The predicted molar refractivity (Wildman–Crippen MR) is 70.2 cm³/mol. The summed E-state index contributed by atoms with van der Waals surface area (Å²) in [5, 5.41) is 3.16. The first kappa shape index (κ1) is 16.7. The summed E-state index contributed by atoms with van der Waals surface area (Å²) in [6.45, 7) is 1.15. The third-order valence-electron chi connectivity index (χ3n) is 2.78. The van der Waals surface area contributed by atoms with Crippen LogP contribution in [0.4, 0.5) is 0 Å². The molecule has 1 saturated heterocycles. The molecule has 0 aromatic carbocycles. The number of likely N-dealkylation sites (N-methyl/N-ethyl adjacent to an activating group) is 1. The molecular formula is C10H21ClN2O3S. The van der Waals surface area contributed by atoms with Crippen molar-refractivity contribution in [1.29, 1.82) is 0 Å². The van der Waals surface area contributed by atoms with E-state index in [1.54, 1.807) is 7.05 Å². The van der Waals surface area contributed by atoms with Crippen molar-refractivity contribution in [3.8, 4) is 0 Å². The van der Waals surface area contributed by atoms with Gasteiger partial charge in [-0.3, -0.25) is 4.79 Å². The highest BCUT2D eigenvalue weighted by Crippen LogP contribution is 2.09. The Balaban J connectivity index is 0.00000256. The Morgan fingerprint density at radius 2 is 2.06 bits per heavy atom. The van der Waals surface area contributed by atoms with E-state index in [1.807, 2.05) is 0 Å². The Kier molecular flexibility index (Phi) is 7.04. The number of hydrogen-bond donors (Lipinski definition) is 1. The molecule has 0 spiro atoms. The number of piperidine rings is 1. The zero-order chi connectivity index (χ0) is 12.2. The molecule has 0 radical (unpaired) electrons. The van der Waals surface area contributed by atoms with Gasteiger partial charge in [-0.2, -0.15) is 0 Å². The molecule has 1 unspecified atom stereocenters. The molecule has 0 aliphatic carbocycles. The fourth-order valence-corrected chi connectivity index (χ4v) is 2.35. The molecule has 1 aliphatic heterocycles. The van der Waals surface area contributed by atoms with Crippen molar-refractivity contribution in [2.75, 3.05) is 32.1 Å². The molecule has 0 aromatic rings. The smallest absolute Gasteiger partial charge is 0.239 e. The van der Waals surface area contributed by atoms with E-state index < -0.39 is 9.84 Å². The molecule has 0 saturated carbocycles. The van der Waals surface area contributed by atoms with E-state index >= 15 is 0 Å². The summed E-state index contributed by atoms with van der Waals surface area (Å²) in [6, 6.07) is -0.127. The number of carbonyl (C=O) groups is 1. The molecule has 1 atom stereocenters. The number of rotatable bonds is 4. The average molecular weight is 285 g/mol. The summed E-state index contributed by atoms with van der Waals surface area (Å²) < 4.78 is 22.0. The Morgan fingerprint density at radius 3 is 2.53 bits per heavy atom. The summed E-state index contributed by atoms with van der Waals surface area (Å²) in [7, 11) is -1.34. The van der Waals surface area contributed by atoms with E-state index in [-0.39, 0.29) is 36.7 Å². The molecule has 7 heteroatoms. The van der Waals surface area contributed by atoms with E-state index in [0.717, 1.165) is 25.8 Å². The monoisotopic (exact) mass is 284 g/mol. The zero-order valence-electron chi connectivity index (χ0n) is 10.3. The first-order valence-electron chi connectivity index (χ1n) is 5.56. The predicted octanol–water partition coefficient (Wildman–Crippen LogP) is 0.0533. The molecule has 1 fully saturated rings. The van der Waals surface area contributed by atoms with Crippen LogP contribution in [0, 0.1) is 0 Å². The van der Waals surface area contributed by atoms with Crippen molar-refractivity contribution >= 4 is 28.2 Å². The number of nitrogens with one attached hydrogen (secondary N) is 1. The molecular weight excluding hydrogens is 264 g/mol. The van der Waals surface area contributed by atoms with Crippen LogP contribution < -0.4 is 5.32 Å². The van der Waals surface area contributed by atoms with Gasteiger partial charge >= 0.3 is 0 Å². The SMILES string of the molecule is CN(CCS(C)(=O)=O)C(=O)C1CCCCN1.Cl.